The van der Waals surface area contributed by atoms with Crippen molar-refractivity contribution in [3.63, 3.8) is 0 Å². The number of fused-ring (bicyclic) bond motifs is 1. The molecule has 3 aromatic rings. The Bertz CT molecular complexity index is 814. The summed E-state index contributed by atoms with van der Waals surface area (Å²) in [6.45, 7) is 0.713. The number of aromatic nitrogens is 1. The van der Waals surface area contributed by atoms with Crippen LogP contribution in [0.4, 0.5) is 0 Å². The van der Waals surface area contributed by atoms with Gasteiger partial charge in [-0.1, -0.05) is 18.2 Å². The molecule has 1 aromatic heterocycles. The van der Waals surface area contributed by atoms with Crippen LogP contribution in [0.15, 0.2) is 70.4 Å². The van der Waals surface area contributed by atoms with Crippen molar-refractivity contribution in [2.75, 3.05) is 12.4 Å². The van der Waals surface area contributed by atoms with Crippen LogP contribution in [0.25, 0.3) is 10.9 Å². The average Bonchev–Trinajstić information content (AvgIpc) is 2.59. The summed E-state index contributed by atoms with van der Waals surface area (Å²) in [6, 6.07) is 19.6. The van der Waals surface area contributed by atoms with Gasteiger partial charge in [-0.2, -0.15) is 0 Å². The molecule has 3 nitrogen and oxygen atoms in total. The summed E-state index contributed by atoms with van der Waals surface area (Å²) in [5, 5.41) is 0.988. The summed E-state index contributed by atoms with van der Waals surface area (Å²) in [5.41, 5.74) is 0.756. The lowest BCUT2D eigenvalue weighted by atomic mass is 10.2. The Morgan fingerprint density at radius 1 is 0.957 bits per heavy atom. The average molecular weight is 325 g/mol. The van der Waals surface area contributed by atoms with E-state index in [1.54, 1.807) is 0 Å². The molecule has 0 aliphatic rings. The van der Waals surface area contributed by atoms with Crippen molar-refractivity contribution < 1.29 is 4.74 Å². The number of hydrogen-bond donors (Lipinski definition) is 1. The first kappa shape index (κ1) is 15.7. The third-order valence-electron chi connectivity index (χ3n) is 3.51. The summed E-state index contributed by atoms with van der Waals surface area (Å²) >= 11 is 1.88. The molecular formula is C19H19NO2S. The van der Waals surface area contributed by atoms with E-state index in [0.717, 1.165) is 35.2 Å². The van der Waals surface area contributed by atoms with E-state index in [2.05, 4.69) is 29.2 Å². The second kappa shape index (κ2) is 7.88. The Morgan fingerprint density at radius 2 is 1.83 bits per heavy atom. The van der Waals surface area contributed by atoms with Crippen molar-refractivity contribution >= 4 is 22.7 Å². The van der Waals surface area contributed by atoms with E-state index in [4.69, 9.17) is 4.74 Å². The summed E-state index contributed by atoms with van der Waals surface area (Å²) in [5.74, 6) is 1.95. The van der Waals surface area contributed by atoms with Crippen LogP contribution in [0.1, 0.15) is 12.8 Å². The second-order valence-corrected chi connectivity index (χ2v) is 6.46. The zero-order chi connectivity index (χ0) is 15.9. The van der Waals surface area contributed by atoms with Crippen LogP contribution in [0.2, 0.25) is 0 Å². The molecule has 0 aliphatic heterocycles. The topological polar surface area (TPSA) is 42.1 Å². The lowest BCUT2D eigenvalue weighted by Gasteiger charge is -2.07. The number of aromatic amines is 1. The number of unbranched alkanes of at least 4 members (excludes halogenated alkanes) is 1. The number of pyridine rings is 1. The zero-order valence-electron chi connectivity index (χ0n) is 12.8. The maximum Gasteiger partial charge on any atom is 0.248 e. The fourth-order valence-corrected chi connectivity index (χ4v) is 3.26. The van der Waals surface area contributed by atoms with Crippen molar-refractivity contribution in [3.05, 3.63) is 71.0 Å². The Balaban J connectivity index is 1.42. The second-order valence-electron chi connectivity index (χ2n) is 5.29. The molecule has 0 spiro atoms. The third kappa shape index (κ3) is 4.63. The predicted octanol–water partition coefficient (Wildman–Crippen LogP) is 4.48. The SMILES string of the molecule is O=c1ccc2cc(OCCCCSc3ccccc3)ccc2[nH]1. The Labute approximate surface area is 139 Å². The molecule has 2 aromatic carbocycles. The van der Waals surface area contributed by atoms with Crippen molar-refractivity contribution in [1.82, 2.24) is 4.98 Å². The highest BCUT2D eigenvalue weighted by Crippen LogP contribution is 2.20. The van der Waals surface area contributed by atoms with E-state index in [0.29, 0.717) is 6.61 Å². The standard InChI is InChI=1S/C19H19NO2S/c21-19-11-8-15-14-16(9-10-18(15)20-19)22-12-4-5-13-23-17-6-2-1-3-7-17/h1-3,6-11,14H,4-5,12-13H2,(H,20,21). The van der Waals surface area contributed by atoms with Crippen LogP contribution in [-0.4, -0.2) is 17.3 Å². The van der Waals surface area contributed by atoms with Crippen LogP contribution in [0.3, 0.4) is 0 Å². The molecule has 0 saturated heterocycles. The highest BCUT2D eigenvalue weighted by molar-refractivity contribution is 7.99. The third-order valence-corrected chi connectivity index (χ3v) is 4.61. The minimum atomic E-state index is -0.0814. The molecule has 1 N–H and O–H groups in total. The molecule has 4 heteroatoms. The first-order valence-corrected chi connectivity index (χ1v) is 8.73. The molecule has 0 saturated carbocycles. The highest BCUT2D eigenvalue weighted by Gasteiger charge is 1.99. The molecule has 0 fully saturated rings. The lowest BCUT2D eigenvalue weighted by Crippen LogP contribution is -2.02. The number of hydrogen-bond acceptors (Lipinski definition) is 3. The highest BCUT2D eigenvalue weighted by atomic mass is 32.2. The summed E-state index contributed by atoms with van der Waals surface area (Å²) in [7, 11) is 0. The van der Waals surface area contributed by atoms with E-state index in [-0.39, 0.29) is 5.56 Å². The molecule has 0 unspecified atom stereocenters. The Kier molecular flexibility index (Phi) is 5.37. The minimum absolute atomic E-state index is 0.0814. The summed E-state index contributed by atoms with van der Waals surface area (Å²) < 4.78 is 5.80. The van der Waals surface area contributed by atoms with E-state index in [9.17, 15) is 4.79 Å². The number of rotatable bonds is 7. The van der Waals surface area contributed by atoms with Crippen LogP contribution >= 0.6 is 11.8 Å². The molecule has 23 heavy (non-hydrogen) atoms. The summed E-state index contributed by atoms with van der Waals surface area (Å²) in [4.78, 5) is 15.4. The van der Waals surface area contributed by atoms with Gasteiger partial charge in [-0.15, -0.1) is 11.8 Å². The number of thioether (sulfide) groups is 1. The van der Waals surface area contributed by atoms with Gasteiger partial charge in [-0.25, -0.2) is 0 Å². The molecule has 0 bridgehead atoms. The van der Waals surface area contributed by atoms with Gasteiger partial charge in [-0.3, -0.25) is 4.79 Å². The number of ether oxygens (including phenoxy) is 1. The van der Waals surface area contributed by atoms with Crippen molar-refractivity contribution in [1.29, 1.82) is 0 Å². The van der Waals surface area contributed by atoms with Gasteiger partial charge in [0.1, 0.15) is 5.75 Å². The van der Waals surface area contributed by atoms with Crippen molar-refractivity contribution in [2.45, 2.75) is 17.7 Å². The van der Waals surface area contributed by atoms with Crippen LogP contribution in [0, 0.1) is 0 Å². The molecule has 1 heterocycles. The van der Waals surface area contributed by atoms with E-state index >= 15 is 0 Å². The van der Waals surface area contributed by atoms with Crippen LogP contribution < -0.4 is 10.3 Å². The van der Waals surface area contributed by atoms with Crippen molar-refractivity contribution in [2.24, 2.45) is 0 Å². The predicted molar refractivity (Wildman–Crippen MR) is 96.5 cm³/mol. The Hall–Kier alpha value is -2.20. The molecule has 0 atom stereocenters. The van der Waals surface area contributed by atoms with Gasteiger partial charge in [0.15, 0.2) is 0 Å². The van der Waals surface area contributed by atoms with Gasteiger partial charge in [0.2, 0.25) is 5.56 Å². The van der Waals surface area contributed by atoms with Gasteiger partial charge < -0.3 is 9.72 Å². The zero-order valence-corrected chi connectivity index (χ0v) is 13.6. The molecule has 0 radical (unpaired) electrons. The molecule has 118 valence electrons. The molecular weight excluding hydrogens is 306 g/mol. The van der Waals surface area contributed by atoms with Crippen LogP contribution in [0.5, 0.6) is 5.75 Å². The van der Waals surface area contributed by atoms with Gasteiger partial charge in [0.05, 0.1) is 6.61 Å². The van der Waals surface area contributed by atoms with Crippen LogP contribution in [-0.2, 0) is 0 Å². The number of nitrogens with one attached hydrogen (secondary N) is 1. The smallest absolute Gasteiger partial charge is 0.248 e. The maximum absolute atomic E-state index is 11.3. The van der Waals surface area contributed by atoms with E-state index in [1.807, 2.05) is 42.1 Å². The molecule has 3 rings (SSSR count). The maximum atomic E-state index is 11.3. The summed E-state index contributed by atoms with van der Waals surface area (Å²) in [6.07, 6.45) is 2.16. The van der Waals surface area contributed by atoms with Gasteiger partial charge in [0, 0.05) is 21.9 Å². The Morgan fingerprint density at radius 3 is 2.70 bits per heavy atom. The lowest BCUT2D eigenvalue weighted by molar-refractivity contribution is 0.310. The van der Waals surface area contributed by atoms with Gasteiger partial charge in [0.25, 0.3) is 0 Å². The van der Waals surface area contributed by atoms with Gasteiger partial charge >= 0.3 is 0 Å². The number of benzene rings is 2. The quantitative estimate of drug-likeness (QED) is 0.514. The fourth-order valence-electron chi connectivity index (χ4n) is 2.32. The van der Waals surface area contributed by atoms with Gasteiger partial charge in [-0.05, 0) is 55.0 Å². The minimum Gasteiger partial charge on any atom is -0.494 e. The normalized spacial score (nSPS) is 10.8. The first-order chi connectivity index (χ1) is 11.3. The van der Waals surface area contributed by atoms with Crippen molar-refractivity contribution in [3.8, 4) is 5.75 Å². The monoisotopic (exact) mass is 325 g/mol. The molecule has 0 amide bonds. The number of H-pyrrole nitrogens is 1. The fraction of sp³-hybridized carbons (Fsp3) is 0.211. The largest absolute Gasteiger partial charge is 0.494 e. The molecule has 0 aliphatic carbocycles. The first-order valence-electron chi connectivity index (χ1n) is 7.75. The van der Waals surface area contributed by atoms with E-state index in [1.165, 1.54) is 11.0 Å². The van der Waals surface area contributed by atoms with E-state index < -0.39 is 0 Å².